The molecule has 1 amide bonds. The predicted octanol–water partition coefficient (Wildman–Crippen LogP) is 3.65. The van der Waals surface area contributed by atoms with Crippen LogP contribution in [-0.4, -0.2) is 11.7 Å². The zero-order valence-corrected chi connectivity index (χ0v) is 11.6. The van der Waals surface area contributed by atoms with Gasteiger partial charge in [0.1, 0.15) is 0 Å². The zero-order chi connectivity index (χ0) is 13.8. The van der Waals surface area contributed by atoms with Crippen molar-refractivity contribution in [1.29, 1.82) is 0 Å². The Morgan fingerprint density at radius 1 is 1.11 bits per heavy atom. The van der Waals surface area contributed by atoms with Gasteiger partial charge in [-0.3, -0.25) is 9.59 Å². The van der Waals surface area contributed by atoms with Crippen molar-refractivity contribution in [3.8, 4) is 0 Å². The van der Waals surface area contributed by atoms with Crippen molar-refractivity contribution < 1.29 is 9.59 Å². The summed E-state index contributed by atoms with van der Waals surface area (Å²) < 4.78 is 0. The standard InChI is InChI=1S/C16H21NO2/c1-11-7-9-13(10-8-11)16(19)17-15-6-4-3-5-14(15)12(2)18/h3-6,11,13H,7-10H2,1-2H3,(H,17,19). The average molecular weight is 259 g/mol. The molecule has 1 N–H and O–H groups in total. The van der Waals surface area contributed by atoms with Gasteiger partial charge >= 0.3 is 0 Å². The Hall–Kier alpha value is -1.64. The lowest BCUT2D eigenvalue weighted by Gasteiger charge is -2.25. The summed E-state index contributed by atoms with van der Waals surface area (Å²) in [7, 11) is 0. The highest BCUT2D eigenvalue weighted by Crippen LogP contribution is 2.29. The number of ketones is 1. The maximum atomic E-state index is 12.2. The molecule has 2 rings (SSSR count). The molecular weight excluding hydrogens is 238 g/mol. The Morgan fingerprint density at radius 3 is 2.37 bits per heavy atom. The normalized spacial score (nSPS) is 22.8. The van der Waals surface area contributed by atoms with E-state index < -0.39 is 0 Å². The summed E-state index contributed by atoms with van der Waals surface area (Å²) in [6.45, 7) is 3.76. The number of nitrogens with one attached hydrogen (secondary N) is 1. The fourth-order valence-corrected chi connectivity index (χ4v) is 2.66. The zero-order valence-electron chi connectivity index (χ0n) is 11.6. The fourth-order valence-electron chi connectivity index (χ4n) is 2.66. The molecule has 102 valence electrons. The highest BCUT2D eigenvalue weighted by molar-refractivity contribution is 6.04. The van der Waals surface area contributed by atoms with E-state index in [1.807, 2.05) is 12.1 Å². The SMILES string of the molecule is CC(=O)c1ccccc1NC(=O)C1CCC(C)CC1. The number of hydrogen-bond acceptors (Lipinski definition) is 2. The first kappa shape index (κ1) is 13.8. The van der Waals surface area contributed by atoms with E-state index in [1.54, 1.807) is 12.1 Å². The van der Waals surface area contributed by atoms with Gasteiger partial charge in [-0.1, -0.05) is 19.1 Å². The largest absolute Gasteiger partial charge is 0.325 e. The van der Waals surface area contributed by atoms with E-state index in [4.69, 9.17) is 0 Å². The van der Waals surface area contributed by atoms with E-state index >= 15 is 0 Å². The van der Waals surface area contributed by atoms with Gasteiger partial charge in [0.15, 0.2) is 5.78 Å². The summed E-state index contributed by atoms with van der Waals surface area (Å²) in [5.74, 6) is 0.860. The molecule has 1 fully saturated rings. The Kier molecular flexibility index (Phi) is 4.35. The van der Waals surface area contributed by atoms with Crippen molar-refractivity contribution in [1.82, 2.24) is 0 Å². The van der Waals surface area contributed by atoms with E-state index in [0.717, 1.165) is 31.6 Å². The monoisotopic (exact) mass is 259 g/mol. The van der Waals surface area contributed by atoms with Crippen LogP contribution in [0.5, 0.6) is 0 Å². The van der Waals surface area contributed by atoms with Crippen LogP contribution in [-0.2, 0) is 4.79 Å². The van der Waals surface area contributed by atoms with Crippen molar-refractivity contribution >= 4 is 17.4 Å². The molecule has 0 radical (unpaired) electrons. The van der Waals surface area contributed by atoms with Gasteiger partial charge in [-0.25, -0.2) is 0 Å². The van der Waals surface area contributed by atoms with E-state index in [-0.39, 0.29) is 17.6 Å². The third-order valence-corrected chi connectivity index (χ3v) is 3.95. The van der Waals surface area contributed by atoms with E-state index in [1.165, 1.54) is 6.92 Å². The Morgan fingerprint density at radius 2 is 1.74 bits per heavy atom. The minimum Gasteiger partial charge on any atom is -0.325 e. The average Bonchev–Trinajstić information content (AvgIpc) is 2.39. The third kappa shape index (κ3) is 3.43. The number of anilines is 1. The van der Waals surface area contributed by atoms with Gasteiger partial charge in [0.25, 0.3) is 0 Å². The first-order valence-corrected chi connectivity index (χ1v) is 6.98. The second kappa shape index (κ2) is 6.00. The number of carbonyl (C=O) groups excluding carboxylic acids is 2. The molecule has 0 aliphatic heterocycles. The maximum absolute atomic E-state index is 12.2. The summed E-state index contributed by atoms with van der Waals surface area (Å²) in [5.41, 5.74) is 1.22. The van der Waals surface area contributed by atoms with Crippen LogP contribution in [0.1, 0.15) is 49.9 Å². The van der Waals surface area contributed by atoms with Crippen molar-refractivity contribution in [2.24, 2.45) is 11.8 Å². The molecule has 19 heavy (non-hydrogen) atoms. The first-order valence-electron chi connectivity index (χ1n) is 6.98. The number of benzene rings is 1. The number of amides is 1. The van der Waals surface area contributed by atoms with Crippen LogP contribution in [0.2, 0.25) is 0 Å². The lowest BCUT2D eigenvalue weighted by atomic mass is 9.82. The number of hydrogen-bond donors (Lipinski definition) is 1. The van der Waals surface area contributed by atoms with Gasteiger partial charge in [-0.2, -0.15) is 0 Å². The second-order valence-electron chi connectivity index (χ2n) is 5.55. The summed E-state index contributed by atoms with van der Waals surface area (Å²) in [5, 5.41) is 2.92. The van der Waals surface area contributed by atoms with E-state index in [9.17, 15) is 9.59 Å². The molecule has 0 heterocycles. The van der Waals surface area contributed by atoms with Crippen molar-refractivity contribution in [3.63, 3.8) is 0 Å². The van der Waals surface area contributed by atoms with Crippen LogP contribution in [0.15, 0.2) is 24.3 Å². The summed E-state index contributed by atoms with van der Waals surface area (Å²) in [4.78, 5) is 23.7. The van der Waals surface area contributed by atoms with Gasteiger partial charge in [0, 0.05) is 11.5 Å². The fraction of sp³-hybridized carbons (Fsp3) is 0.500. The Balaban J connectivity index is 2.05. The molecule has 1 saturated carbocycles. The number of para-hydroxylation sites is 1. The van der Waals surface area contributed by atoms with Gasteiger partial charge in [0.05, 0.1) is 5.69 Å². The van der Waals surface area contributed by atoms with Crippen LogP contribution in [0.4, 0.5) is 5.69 Å². The highest BCUT2D eigenvalue weighted by Gasteiger charge is 2.24. The van der Waals surface area contributed by atoms with Gasteiger partial charge < -0.3 is 5.32 Å². The quantitative estimate of drug-likeness (QED) is 0.842. The third-order valence-electron chi connectivity index (χ3n) is 3.95. The number of rotatable bonds is 3. The molecule has 0 unspecified atom stereocenters. The lowest BCUT2D eigenvalue weighted by molar-refractivity contribution is -0.121. The van der Waals surface area contributed by atoms with Gasteiger partial charge in [-0.05, 0) is 50.7 Å². The topological polar surface area (TPSA) is 46.2 Å². The van der Waals surface area contributed by atoms with E-state index in [0.29, 0.717) is 11.3 Å². The summed E-state index contributed by atoms with van der Waals surface area (Å²) in [6, 6.07) is 7.20. The molecule has 0 saturated heterocycles. The minimum atomic E-state index is -0.0202. The smallest absolute Gasteiger partial charge is 0.227 e. The summed E-state index contributed by atoms with van der Waals surface area (Å²) in [6.07, 6.45) is 4.14. The number of Topliss-reactive ketones (excluding diaryl/α,β-unsaturated/α-hetero) is 1. The van der Waals surface area contributed by atoms with Crippen molar-refractivity contribution in [3.05, 3.63) is 29.8 Å². The van der Waals surface area contributed by atoms with Crippen LogP contribution in [0.25, 0.3) is 0 Å². The second-order valence-corrected chi connectivity index (χ2v) is 5.55. The minimum absolute atomic E-state index is 0.0202. The molecule has 1 aliphatic rings. The van der Waals surface area contributed by atoms with Crippen LogP contribution in [0, 0.1) is 11.8 Å². The Bertz CT molecular complexity index is 473. The summed E-state index contributed by atoms with van der Waals surface area (Å²) >= 11 is 0. The molecule has 0 aromatic heterocycles. The Labute approximate surface area is 114 Å². The van der Waals surface area contributed by atoms with E-state index in [2.05, 4.69) is 12.2 Å². The van der Waals surface area contributed by atoms with Gasteiger partial charge in [-0.15, -0.1) is 0 Å². The highest BCUT2D eigenvalue weighted by atomic mass is 16.2. The van der Waals surface area contributed by atoms with Gasteiger partial charge in [0.2, 0.25) is 5.91 Å². The first-order chi connectivity index (χ1) is 9.08. The maximum Gasteiger partial charge on any atom is 0.227 e. The predicted molar refractivity (Wildman–Crippen MR) is 76.2 cm³/mol. The van der Waals surface area contributed by atoms with Crippen LogP contribution in [0.3, 0.4) is 0 Å². The van der Waals surface area contributed by atoms with Crippen molar-refractivity contribution in [2.45, 2.75) is 39.5 Å². The van der Waals surface area contributed by atoms with Crippen LogP contribution >= 0.6 is 0 Å². The lowest BCUT2D eigenvalue weighted by Crippen LogP contribution is -2.27. The molecule has 3 nitrogen and oxygen atoms in total. The number of carbonyl (C=O) groups is 2. The molecule has 0 atom stereocenters. The molecule has 3 heteroatoms. The molecule has 0 spiro atoms. The van der Waals surface area contributed by atoms with Crippen LogP contribution < -0.4 is 5.32 Å². The molecular formula is C16H21NO2. The molecule has 1 aromatic rings. The molecule has 1 aromatic carbocycles. The molecule has 0 bridgehead atoms. The molecule has 1 aliphatic carbocycles. The van der Waals surface area contributed by atoms with Crippen molar-refractivity contribution in [2.75, 3.05) is 5.32 Å².